The summed E-state index contributed by atoms with van der Waals surface area (Å²) in [4.78, 5) is 7.24. The average molecular weight is 284 g/mol. The number of aryl methyl sites for hydroxylation is 2. The Balaban J connectivity index is 1.47. The molecule has 0 bridgehead atoms. The lowest BCUT2D eigenvalue weighted by atomic mass is 10.0. The van der Waals surface area contributed by atoms with Crippen molar-refractivity contribution in [2.45, 2.75) is 44.7 Å². The first-order valence-corrected chi connectivity index (χ1v) is 8.18. The number of fused-ring (bicyclic) bond motifs is 1. The first-order chi connectivity index (χ1) is 10.3. The van der Waals surface area contributed by atoms with Crippen LogP contribution in [0.4, 0.5) is 0 Å². The molecule has 0 amide bonds. The molecule has 0 aromatic carbocycles. The number of aromatic nitrogens is 3. The summed E-state index contributed by atoms with van der Waals surface area (Å²) >= 11 is 0. The summed E-state index contributed by atoms with van der Waals surface area (Å²) in [6.07, 6.45) is 10.5. The zero-order valence-electron chi connectivity index (χ0n) is 12.8. The van der Waals surface area contributed by atoms with Crippen LogP contribution in [0.5, 0.6) is 0 Å². The Morgan fingerprint density at radius 1 is 1.29 bits per heavy atom. The van der Waals surface area contributed by atoms with Gasteiger partial charge in [-0.3, -0.25) is 4.90 Å². The lowest BCUT2D eigenvalue weighted by Crippen LogP contribution is -2.23. The van der Waals surface area contributed by atoms with Gasteiger partial charge in [0.05, 0.1) is 12.0 Å². The molecule has 4 heteroatoms. The molecule has 1 saturated heterocycles. The minimum absolute atomic E-state index is 0.625. The van der Waals surface area contributed by atoms with Gasteiger partial charge in [0.2, 0.25) is 0 Å². The van der Waals surface area contributed by atoms with Gasteiger partial charge in [-0.25, -0.2) is 4.98 Å². The first-order valence-electron chi connectivity index (χ1n) is 8.18. The van der Waals surface area contributed by atoms with Crippen LogP contribution in [0.25, 0.3) is 0 Å². The Hall–Kier alpha value is -1.55. The van der Waals surface area contributed by atoms with E-state index in [0.29, 0.717) is 6.04 Å². The predicted octanol–water partition coefficient (Wildman–Crippen LogP) is 2.55. The molecule has 0 N–H and O–H groups in total. The van der Waals surface area contributed by atoms with Crippen molar-refractivity contribution < 1.29 is 0 Å². The van der Waals surface area contributed by atoms with E-state index in [0.717, 1.165) is 13.1 Å². The van der Waals surface area contributed by atoms with Gasteiger partial charge in [0.15, 0.2) is 0 Å². The van der Waals surface area contributed by atoms with E-state index in [2.05, 4.69) is 50.7 Å². The fourth-order valence-corrected chi connectivity index (χ4v) is 3.88. The van der Waals surface area contributed by atoms with Gasteiger partial charge in [0.25, 0.3) is 0 Å². The van der Waals surface area contributed by atoms with Crippen LogP contribution in [0.15, 0.2) is 24.7 Å². The highest BCUT2D eigenvalue weighted by Crippen LogP contribution is 2.28. The molecule has 21 heavy (non-hydrogen) atoms. The second-order valence-electron chi connectivity index (χ2n) is 6.54. The third-order valence-electron chi connectivity index (χ3n) is 5.14. The molecule has 1 aliphatic carbocycles. The molecule has 112 valence electrons. The fourth-order valence-electron chi connectivity index (χ4n) is 3.88. The second kappa shape index (κ2) is 5.34. The van der Waals surface area contributed by atoms with Crippen LogP contribution in [0.2, 0.25) is 0 Å². The Bertz CT molecular complexity index is 625. The fraction of sp³-hybridized carbons (Fsp3) is 0.588. The maximum atomic E-state index is 4.66. The van der Waals surface area contributed by atoms with E-state index in [1.807, 2.05) is 0 Å². The van der Waals surface area contributed by atoms with Gasteiger partial charge < -0.3 is 9.13 Å². The van der Waals surface area contributed by atoms with Crippen molar-refractivity contribution >= 4 is 0 Å². The molecule has 1 atom stereocenters. The Morgan fingerprint density at radius 3 is 3.05 bits per heavy atom. The normalized spacial score (nSPS) is 22.6. The third-order valence-corrected chi connectivity index (χ3v) is 5.14. The van der Waals surface area contributed by atoms with Crippen molar-refractivity contribution in [3.8, 4) is 0 Å². The van der Waals surface area contributed by atoms with Crippen molar-refractivity contribution in [2.24, 2.45) is 7.05 Å². The lowest BCUT2D eigenvalue weighted by Gasteiger charge is -2.20. The van der Waals surface area contributed by atoms with Gasteiger partial charge in [-0.15, -0.1) is 0 Å². The van der Waals surface area contributed by atoms with E-state index >= 15 is 0 Å². The van der Waals surface area contributed by atoms with Gasteiger partial charge in [0.1, 0.15) is 0 Å². The molecule has 4 nitrogen and oxygen atoms in total. The SMILES string of the molecule is Cn1cccc1CN1CC[C@H](n2cnc3c2CCCC3)C1. The second-order valence-corrected chi connectivity index (χ2v) is 6.54. The Morgan fingerprint density at radius 2 is 2.19 bits per heavy atom. The van der Waals surface area contributed by atoms with E-state index in [4.69, 9.17) is 0 Å². The Labute approximate surface area is 126 Å². The van der Waals surface area contributed by atoms with Crippen molar-refractivity contribution in [1.82, 2.24) is 19.0 Å². The molecule has 0 spiro atoms. The van der Waals surface area contributed by atoms with Crippen LogP contribution in [0, 0.1) is 0 Å². The summed E-state index contributed by atoms with van der Waals surface area (Å²) in [5, 5.41) is 0. The van der Waals surface area contributed by atoms with Crippen LogP contribution in [-0.2, 0) is 26.4 Å². The maximum absolute atomic E-state index is 4.66. The predicted molar refractivity (Wildman–Crippen MR) is 83.2 cm³/mol. The highest BCUT2D eigenvalue weighted by molar-refractivity contribution is 5.18. The average Bonchev–Trinajstić information content (AvgIpc) is 3.20. The van der Waals surface area contributed by atoms with Crippen molar-refractivity contribution in [1.29, 1.82) is 0 Å². The summed E-state index contributed by atoms with van der Waals surface area (Å²) in [5.41, 5.74) is 4.29. The van der Waals surface area contributed by atoms with Gasteiger partial charge in [-0.05, 0) is 44.2 Å². The third kappa shape index (κ3) is 2.42. The highest BCUT2D eigenvalue weighted by Gasteiger charge is 2.27. The van der Waals surface area contributed by atoms with E-state index in [-0.39, 0.29) is 0 Å². The topological polar surface area (TPSA) is 26.0 Å². The number of hydrogen-bond donors (Lipinski definition) is 0. The van der Waals surface area contributed by atoms with E-state index in [9.17, 15) is 0 Å². The summed E-state index contributed by atoms with van der Waals surface area (Å²) in [5.74, 6) is 0. The van der Waals surface area contributed by atoms with Gasteiger partial charge in [0, 0.05) is 50.3 Å². The molecule has 2 aliphatic rings. The molecule has 2 aromatic heterocycles. The molecular formula is C17H24N4. The zero-order valence-corrected chi connectivity index (χ0v) is 12.8. The maximum Gasteiger partial charge on any atom is 0.0954 e. The minimum atomic E-state index is 0.625. The highest BCUT2D eigenvalue weighted by atomic mass is 15.2. The van der Waals surface area contributed by atoms with Crippen LogP contribution < -0.4 is 0 Å². The van der Waals surface area contributed by atoms with E-state index in [1.165, 1.54) is 55.7 Å². The van der Waals surface area contributed by atoms with Crippen molar-refractivity contribution in [3.05, 3.63) is 41.7 Å². The zero-order chi connectivity index (χ0) is 14.2. The summed E-state index contributed by atoms with van der Waals surface area (Å²) in [6, 6.07) is 4.99. The van der Waals surface area contributed by atoms with Crippen LogP contribution >= 0.6 is 0 Å². The number of hydrogen-bond acceptors (Lipinski definition) is 2. The Kier molecular flexibility index (Phi) is 3.34. The summed E-state index contributed by atoms with van der Waals surface area (Å²) in [7, 11) is 2.13. The smallest absolute Gasteiger partial charge is 0.0954 e. The van der Waals surface area contributed by atoms with Crippen LogP contribution in [0.3, 0.4) is 0 Å². The molecule has 0 radical (unpaired) electrons. The molecule has 4 rings (SSSR count). The van der Waals surface area contributed by atoms with Gasteiger partial charge in [-0.2, -0.15) is 0 Å². The molecule has 2 aromatic rings. The monoisotopic (exact) mass is 284 g/mol. The van der Waals surface area contributed by atoms with Crippen molar-refractivity contribution in [3.63, 3.8) is 0 Å². The number of imidazole rings is 1. The number of likely N-dealkylation sites (tertiary alicyclic amines) is 1. The number of rotatable bonds is 3. The largest absolute Gasteiger partial charge is 0.353 e. The standard InChI is InChI=1S/C17H24N4/c1-19-9-4-5-14(19)11-20-10-8-15(12-20)21-13-18-16-6-2-3-7-17(16)21/h4-5,9,13,15H,2-3,6-8,10-12H2,1H3/t15-/m0/s1. The lowest BCUT2D eigenvalue weighted by molar-refractivity contribution is 0.308. The molecule has 3 heterocycles. The van der Waals surface area contributed by atoms with Gasteiger partial charge >= 0.3 is 0 Å². The molecule has 1 aliphatic heterocycles. The van der Waals surface area contributed by atoms with Crippen LogP contribution in [0.1, 0.15) is 42.4 Å². The molecule has 0 saturated carbocycles. The quantitative estimate of drug-likeness (QED) is 0.866. The van der Waals surface area contributed by atoms with Crippen LogP contribution in [-0.4, -0.2) is 32.1 Å². The summed E-state index contributed by atoms with van der Waals surface area (Å²) in [6.45, 7) is 3.42. The molecule has 0 unspecified atom stereocenters. The first kappa shape index (κ1) is 13.1. The van der Waals surface area contributed by atoms with Gasteiger partial charge in [-0.1, -0.05) is 0 Å². The molecular weight excluding hydrogens is 260 g/mol. The summed E-state index contributed by atoms with van der Waals surface area (Å²) < 4.78 is 4.71. The van der Waals surface area contributed by atoms with Crippen molar-refractivity contribution in [2.75, 3.05) is 13.1 Å². The number of nitrogens with zero attached hydrogens (tertiary/aromatic N) is 4. The minimum Gasteiger partial charge on any atom is -0.353 e. The van der Waals surface area contributed by atoms with E-state index in [1.54, 1.807) is 0 Å². The van der Waals surface area contributed by atoms with E-state index < -0.39 is 0 Å². The molecule has 1 fully saturated rings.